The molecule has 0 aromatic heterocycles. The van der Waals surface area contributed by atoms with Crippen LogP contribution in [-0.2, 0) is 4.79 Å². The van der Waals surface area contributed by atoms with Gasteiger partial charge in [0.05, 0.1) is 12.8 Å². The highest BCUT2D eigenvalue weighted by Crippen LogP contribution is 2.28. The van der Waals surface area contributed by atoms with Crippen LogP contribution in [0, 0.1) is 0 Å². The molecule has 3 rings (SSSR count). The second kappa shape index (κ2) is 7.01. The van der Waals surface area contributed by atoms with Gasteiger partial charge in [-0.3, -0.25) is 9.69 Å². The number of rotatable bonds is 5. The van der Waals surface area contributed by atoms with Crippen molar-refractivity contribution in [3.63, 3.8) is 0 Å². The maximum Gasteiger partial charge on any atom is 0.222 e. The summed E-state index contributed by atoms with van der Waals surface area (Å²) in [6, 6.07) is 8.20. The van der Waals surface area contributed by atoms with Gasteiger partial charge < -0.3 is 14.5 Å². The number of methoxy groups -OCH3 is 1. The molecule has 1 aromatic carbocycles. The second-order valence-electron chi connectivity index (χ2n) is 5.98. The number of nitrogens with zero attached hydrogens (tertiary/aromatic N) is 3. The number of hydrogen-bond acceptors (Lipinski definition) is 4. The molecule has 0 aliphatic carbocycles. The Balaban J connectivity index is 1.49. The molecule has 0 unspecified atom stereocenters. The molecule has 2 aliphatic rings. The van der Waals surface area contributed by atoms with Crippen LogP contribution in [0.3, 0.4) is 0 Å². The van der Waals surface area contributed by atoms with E-state index in [0.29, 0.717) is 5.91 Å². The third kappa shape index (κ3) is 3.35. The molecule has 1 aromatic rings. The van der Waals surface area contributed by atoms with E-state index in [1.165, 1.54) is 5.69 Å². The smallest absolute Gasteiger partial charge is 0.222 e. The van der Waals surface area contributed by atoms with Gasteiger partial charge >= 0.3 is 0 Å². The van der Waals surface area contributed by atoms with Gasteiger partial charge in [-0.05, 0) is 18.6 Å². The summed E-state index contributed by atoms with van der Waals surface area (Å²) in [6.07, 6.45) is 1.77. The van der Waals surface area contributed by atoms with Gasteiger partial charge in [-0.15, -0.1) is 0 Å². The number of anilines is 1. The van der Waals surface area contributed by atoms with Crippen molar-refractivity contribution in [1.82, 2.24) is 9.80 Å². The van der Waals surface area contributed by atoms with Crippen molar-refractivity contribution < 1.29 is 9.53 Å². The predicted octanol–water partition coefficient (Wildman–Crippen LogP) is 1.44. The molecule has 2 heterocycles. The summed E-state index contributed by atoms with van der Waals surface area (Å²) in [7, 11) is 1.72. The molecule has 1 amide bonds. The standard InChI is InChI=1S/C17H25N3O2/c1-22-16-6-3-2-5-15(16)19-12-9-18(10-13-19)11-14-20-8-4-7-17(20)21/h2-3,5-6H,4,7-14H2,1H3. The maximum absolute atomic E-state index is 11.6. The number of carbonyl (C=O) groups is 1. The normalized spacial score (nSPS) is 19.8. The molecule has 5 nitrogen and oxygen atoms in total. The minimum Gasteiger partial charge on any atom is -0.495 e. The van der Waals surface area contributed by atoms with Gasteiger partial charge in [0, 0.05) is 52.2 Å². The molecule has 0 radical (unpaired) electrons. The number of benzene rings is 1. The number of ether oxygens (including phenoxy) is 1. The van der Waals surface area contributed by atoms with Crippen LogP contribution in [0.2, 0.25) is 0 Å². The first-order valence-corrected chi connectivity index (χ1v) is 8.16. The Morgan fingerprint density at radius 1 is 1.05 bits per heavy atom. The van der Waals surface area contributed by atoms with Crippen LogP contribution in [-0.4, -0.2) is 68.6 Å². The lowest BCUT2D eigenvalue weighted by Crippen LogP contribution is -2.48. The van der Waals surface area contributed by atoms with Crippen LogP contribution >= 0.6 is 0 Å². The third-order valence-electron chi connectivity index (χ3n) is 4.66. The first-order chi connectivity index (χ1) is 10.8. The van der Waals surface area contributed by atoms with E-state index in [1.807, 2.05) is 17.0 Å². The average molecular weight is 303 g/mol. The maximum atomic E-state index is 11.6. The average Bonchev–Trinajstić information content (AvgIpc) is 2.98. The van der Waals surface area contributed by atoms with Gasteiger partial charge in [-0.1, -0.05) is 12.1 Å². The van der Waals surface area contributed by atoms with Crippen LogP contribution in [0.5, 0.6) is 5.75 Å². The number of likely N-dealkylation sites (tertiary alicyclic amines) is 1. The Labute approximate surface area is 132 Å². The quantitative estimate of drug-likeness (QED) is 0.825. The van der Waals surface area contributed by atoms with E-state index in [9.17, 15) is 4.79 Å². The zero-order chi connectivity index (χ0) is 15.4. The minimum atomic E-state index is 0.327. The zero-order valence-electron chi connectivity index (χ0n) is 13.3. The fraction of sp³-hybridized carbons (Fsp3) is 0.588. The van der Waals surface area contributed by atoms with E-state index in [0.717, 1.165) is 64.4 Å². The lowest BCUT2D eigenvalue weighted by molar-refractivity contribution is -0.127. The Kier molecular flexibility index (Phi) is 4.83. The van der Waals surface area contributed by atoms with Crippen molar-refractivity contribution in [2.24, 2.45) is 0 Å². The molecular weight excluding hydrogens is 278 g/mol. The molecule has 2 fully saturated rings. The van der Waals surface area contributed by atoms with E-state index in [1.54, 1.807) is 7.11 Å². The topological polar surface area (TPSA) is 36.0 Å². The van der Waals surface area contributed by atoms with Crippen molar-refractivity contribution in [1.29, 1.82) is 0 Å². The SMILES string of the molecule is COc1ccccc1N1CCN(CCN2CCCC2=O)CC1. The van der Waals surface area contributed by atoms with Crippen molar-refractivity contribution in [2.75, 3.05) is 57.8 Å². The summed E-state index contributed by atoms with van der Waals surface area (Å²) in [4.78, 5) is 18.5. The van der Waals surface area contributed by atoms with Crippen molar-refractivity contribution >= 4 is 11.6 Å². The number of amides is 1. The van der Waals surface area contributed by atoms with E-state index in [-0.39, 0.29) is 0 Å². The highest BCUT2D eigenvalue weighted by atomic mass is 16.5. The first kappa shape index (κ1) is 15.2. The number of piperazine rings is 1. The van der Waals surface area contributed by atoms with Gasteiger partial charge in [0.2, 0.25) is 5.91 Å². The molecule has 22 heavy (non-hydrogen) atoms. The molecule has 5 heteroatoms. The highest BCUT2D eigenvalue weighted by Gasteiger charge is 2.23. The van der Waals surface area contributed by atoms with Crippen LogP contribution in [0.4, 0.5) is 5.69 Å². The van der Waals surface area contributed by atoms with E-state index >= 15 is 0 Å². The number of carbonyl (C=O) groups excluding carboxylic acids is 1. The summed E-state index contributed by atoms with van der Waals surface area (Å²) in [5.74, 6) is 1.27. The van der Waals surface area contributed by atoms with E-state index < -0.39 is 0 Å². The molecule has 0 bridgehead atoms. The highest BCUT2D eigenvalue weighted by molar-refractivity contribution is 5.78. The van der Waals surface area contributed by atoms with Crippen molar-refractivity contribution in [2.45, 2.75) is 12.8 Å². The van der Waals surface area contributed by atoms with Crippen molar-refractivity contribution in [3.8, 4) is 5.75 Å². The summed E-state index contributed by atoms with van der Waals surface area (Å²) in [5.41, 5.74) is 1.18. The molecular formula is C17H25N3O2. The number of para-hydroxylation sites is 2. The largest absolute Gasteiger partial charge is 0.495 e. The monoisotopic (exact) mass is 303 g/mol. The summed E-state index contributed by atoms with van der Waals surface area (Å²) in [5, 5.41) is 0. The molecule has 0 atom stereocenters. The van der Waals surface area contributed by atoms with Crippen LogP contribution in [0.15, 0.2) is 24.3 Å². The van der Waals surface area contributed by atoms with Crippen LogP contribution in [0.25, 0.3) is 0 Å². The van der Waals surface area contributed by atoms with Gasteiger partial charge in [-0.25, -0.2) is 0 Å². The van der Waals surface area contributed by atoms with Gasteiger partial charge in [-0.2, -0.15) is 0 Å². The molecule has 2 aliphatic heterocycles. The van der Waals surface area contributed by atoms with E-state index in [4.69, 9.17) is 4.74 Å². The lowest BCUT2D eigenvalue weighted by atomic mass is 10.2. The zero-order valence-corrected chi connectivity index (χ0v) is 13.3. The third-order valence-corrected chi connectivity index (χ3v) is 4.66. The first-order valence-electron chi connectivity index (χ1n) is 8.16. The van der Waals surface area contributed by atoms with Gasteiger partial charge in [0.25, 0.3) is 0 Å². The predicted molar refractivity (Wildman–Crippen MR) is 87.5 cm³/mol. The van der Waals surface area contributed by atoms with Crippen molar-refractivity contribution in [3.05, 3.63) is 24.3 Å². The van der Waals surface area contributed by atoms with Crippen LogP contribution in [0.1, 0.15) is 12.8 Å². The lowest BCUT2D eigenvalue weighted by Gasteiger charge is -2.37. The molecule has 0 saturated carbocycles. The minimum absolute atomic E-state index is 0.327. The van der Waals surface area contributed by atoms with Crippen LogP contribution < -0.4 is 9.64 Å². The fourth-order valence-electron chi connectivity index (χ4n) is 3.31. The Hall–Kier alpha value is -1.75. The number of hydrogen-bond donors (Lipinski definition) is 0. The van der Waals surface area contributed by atoms with Gasteiger partial charge in [0.15, 0.2) is 0 Å². The second-order valence-corrected chi connectivity index (χ2v) is 5.98. The summed E-state index contributed by atoms with van der Waals surface area (Å²) < 4.78 is 5.45. The Morgan fingerprint density at radius 3 is 2.50 bits per heavy atom. The summed E-state index contributed by atoms with van der Waals surface area (Å²) in [6.45, 7) is 6.92. The molecule has 0 N–H and O–H groups in total. The fourth-order valence-corrected chi connectivity index (χ4v) is 3.31. The Bertz CT molecular complexity index is 512. The molecule has 120 valence electrons. The van der Waals surface area contributed by atoms with E-state index in [2.05, 4.69) is 21.9 Å². The molecule has 2 saturated heterocycles. The Morgan fingerprint density at radius 2 is 1.82 bits per heavy atom. The van der Waals surface area contributed by atoms with Gasteiger partial charge in [0.1, 0.15) is 5.75 Å². The summed E-state index contributed by atoms with van der Waals surface area (Å²) >= 11 is 0. The molecule has 0 spiro atoms.